The van der Waals surface area contributed by atoms with Crippen LogP contribution in [-0.2, 0) is 4.74 Å². The molecule has 1 fully saturated rings. The van der Waals surface area contributed by atoms with Gasteiger partial charge in [-0.05, 0) is 78.1 Å². The van der Waals surface area contributed by atoms with Crippen LogP contribution in [0.1, 0.15) is 32.1 Å². The van der Waals surface area contributed by atoms with Gasteiger partial charge in [0.15, 0.2) is 0 Å². The van der Waals surface area contributed by atoms with Crippen LogP contribution < -0.4 is 10.6 Å². The van der Waals surface area contributed by atoms with Crippen molar-refractivity contribution in [1.29, 1.82) is 0 Å². The number of alkyl carbamates (subject to hydrolysis) is 1. The fourth-order valence-corrected chi connectivity index (χ4v) is 3.45. The summed E-state index contributed by atoms with van der Waals surface area (Å²) in [5, 5.41) is 5.89. The first-order chi connectivity index (χ1) is 9.85. The minimum absolute atomic E-state index is 0.370. The van der Waals surface area contributed by atoms with Crippen molar-refractivity contribution in [3.8, 4) is 0 Å². The minimum atomic E-state index is -2.12. The van der Waals surface area contributed by atoms with Crippen LogP contribution in [0.25, 0.3) is 0 Å². The summed E-state index contributed by atoms with van der Waals surface area (Å²) >= 11 is 16.3. The van der Waals surface area contributed by atoms with Gasteiger partial charge in [0.1, 0.15) is 6.17 Å². The van der Waals surface area contributed by atoms with E-state index in [1.807, 2.05) is 0 Å². The number of allylic oxidation sites excluding steroid dienone is 2. The number of halogens is 4. The van der Waals surface area contributed by atoms with E-state index in [4.69, 9.17) is 34.8 Å². The summed E-state index contributed by atoms with van der Waals surface area (Å²) in [7, 11) is 0. The normalized spacial score (nSPS) is 28.2. The summed E-state index contributed by atoms with van der Waals surface area (Å²) < 4.78 is 16.5. The highest BCUT2D eigenvalue weighted by Gasteiger charge is 2.40. The third kappa shape index (κ3) is 3.10. The Balaban J connectivity index is 1.86. The Morgan fingerprint density at radius 2 is 2.10 bits per heavy atom. The number of carbonyl (C=O) groups excluding carboxylic acids is 1. The lowest BCUT2D eigenvalue weighted by Crippen LogP contribution is -2.41. The van der Waals surface area contributed by atoms with Crippen LogP contribution in [0, 0.1) is 0 Å². The molecular weight excluding hydrogens is 342 g/mol. The molecule has 1 amide bonds. The van der Waals surface area contributed by atoms with Gasteiger partial charge in [-0.15, -0.1) is 0 Å². The lowest BCUT2D eigenvalue weighted by Gasteiger charge is -2.29. The number of ether oxygens (including phenoxy) is 1. The molecule has 2 unspecified atom stereocenters. The van der Waals surface area contributed by atoms with E-state index in [-0.39, 0.29) is 6.04 Å². The number of carbonyl (C=O) groups is 1. The second-order valence-corrected chi connectivity index (χ2v) is 7.53. The van der Waals surface area contributed by atoms with E-state index < -0.39 is 16.2 Å². The van der Waals surface area contributed by atoms with Crippen LogP contribution in [0.5, 0.6) is 0 Å². The Morgan fingerprint density at radius 1 is 1.33 bits per heavy atom. The van der Waals surface area contributed by atoms with E-state index in [0.717, 1.165) is 36.1 Å². The number of nitrogens with one attached hydrogen (secondary N) is 2. The molecule has 0 spiro atoms. The average molecular weight is 356 g/mol. The maximum absolute atomic E-state index is 14.0. The van der Waals surface area contributed by atoms with Crippen molar-refractivity contribution in [1.82, 2.24) is 10.6 Å². The molecule has 21 heavy (non-hydrogen) atoms. The molecule has 3 aliphatic rings. The molecule has 2 atom stereocenters. The zero-order valence-corrected chi connectivity index (χ0v) is 13.3. The van der Waals surface area contributed by atoms with Gasteiger partial charge in [-0.25, -0.2) is 9.18 Å². The number of hydrogen-bond donors (Lipinski definition) is 2. The van der Waals surface area contributed by atoms with Crippen molar-refractivity contribution in [3.05, 3.63) is 22.5 Å². The van der Waals surface area contributed by atoms with Gasteiger partial charge in [0.25, 0.3) is 0 Å². The monoisotopic (exact) mass is 354 g/mol. The van der Waals surface area contributed by atoms with Crippen LogP contribution in [0.3, 0.4) is 0 Å². The standard InChI is InChI=1S/C13H14Cl3FN2O2/c14-13(15,16)21-12(20)19-10-6-2-1-3-9(6)18-11-7(10)4-5-8(11)17/h8,11,18H,1-5H2,(H,19,20). The van der Waals surface area contributed by atoms with E-state index >= 15 is 0 Å². The van der Waals surface area contributed by atoms with Crippen molar-refractivity contribution in [2.45, 2.75) is 48.3 Å². The van der Waals surface area contributed by atoms with Crippen molar-refractivity contribution in [2.24, 2.45) is 0 Å². The molecule has 0 bridgehead atoms. The van der Waals surface area contributed by atoms with Gasteiger partial charge >= 0.3 is 10.1 Å². The van der Waals surface area contributed by atoms with E-state index in [0.29, 0.717) is 18.5 Å². The van der Waals surface area contributed by atoms with E-state index in [1.165, 1.54) is 0 Å². The van der Waals surface area contributed by atoms with Crippen LogP contribution in [-0.4, -0.2) is 22.3 Å². The molecule has 1 heterocycles. The Bertz CT molecular complexity index is 542. The summed E-state index contributed by atoms with van der Waals surface area (Å²) in [5.41, 5.74) is 3.52. The van der Waals surface area contributed by atoms with Crippen LogP contribution >= 0.6 is 34.8 Å². The van der Waals surface area contributed by atoms with Crippen LogP contribution in [0.15, 0.2) is 22.5 Å². The quantitative estimate of drug-likeness (QED) is 0.703. The molecule has 4 nitrogen and oxygen atoms in total. The number of dihydropyridines is 1. The van der Waals surface area contributed by atoms with E-state index in [1.54, 1.807) is 0 Å². The molecule has 0 aromatic rings. The first kappa shape index (κ1) is 15.3. The number of fused-ring (bicyclic) bond motifs is 1. The molecule has 1 saturated carbocycles. The summed E-state index contributed by atoms with van der Waals surface area (Å²) in [6.45, 7) is 0. The average Bonchev–Trinajstić information content (AvgIpc) is 2.94. The third-order valence-corrected chi connectivity index (χ3v) is 4.26. The molecule has 1 aliphatic heterocycles. The smallest absolute Gasteiger partial charge is 0.398 e. The predicted octanol–water partition coefficient (Wildman–Crippen LogP) is 3.84. The predicted molar refractivity (Wildman–Crippen MR) is 78.9 cm³/mol. The van der Waals surface area contributed by atoms with Crippen molar-refractivity contribution < 1.29 is 13.9 Å². The van der Waals surface area contributed by atoms with Crippen LogP contribution in [0.4, 0.5) is 9.18 Å². The second kappa shape index (κ2) is 5.52. The van der Waals surface area contributed by atoms with Crippen LogP contribution in [0.2, 0.25) is 0 Å². The highest BCUT2D eigenvalue weighted by molar-refractivity contribution is 6.66. The highest BCUT2D eigenvalue weighted by atomic mass is 35.6. The highest BCUT2D eigenvalue weighted by Crippen LogP contribution is 2.41. The van der Waals surface area contributed by atoms with Gasteiger partial charge < -0.3 is 10.1 Å². The van der Waals surface area contributed by atoms with Crippen molar-refractivity contribution in [3.63, 3.8) is 0 Å². The fraction of sp³-hybridized carbons (Fsp3) is 0.615. The molecule has 2 aliphatic carbocycles. The summed E-state index contributed by atoms with van der Waals surface area (Å²) in [6.07, 6.45) is 1.90. The number of rotatable bonds is 1. The second-order valence-electron chi connectivity index (χ2n) is 5.35. The molecule has 0 aromatic heterocycles. The molecule has 0 saturated heterocycles. The molecule has 8 heteroatoms. The van der Waals surface area contributed by atoms with Gasteiger partial charge in [-0.1, -0.05) is 0 Å². The lowest BCUT2D eigenvalue weighted by molar-refractivity contribution is 0.147. The molecular formula is C13H14Cl3FN2O2. The zero-order valence-electron chi connectivity index (χ0n) is 11.0. The third-order valence-electron chi connectivity index (χ3n) is 4.03. The molecule has 0 aromatic carbocycles. The van der Waals surface area contributed by atoms with Crippen molar-refractivity contribution in [2.75, 3.05) is 0 Å². The SMILES string of the molecule is O=C(NC1=C2CCC(F)C2NC2=C1CCC2)OC(Cl)(Cl)Cl. The Labute approximate surface area is 136 Å². The number of hydrogen-bond acceptors (Lipinski definition) is 3. The Morgan fingerprint density at radius 3 is 2.81 bits per heavy atom. The first-order valence-corrected chi connectivity index (χ1v) is 7.91. The summed E-state index contributed by atoms with van der Waals surface area (Å²) in [6, 6.07) is -0.370. The summed E-state index contributed by atoms with van der Waals surface area (Å²) in [5.74, 6) is 0. The largest absolute Gasteiger partial charge is 0.415 e. The van der Waals surface area contributed by atoms with Crippen molar-refractivity contribution >= 4 is 40.9 Å². The van der Waals surface area contributed by atoms with Gasteiger partial charge in [0, 0.05) is 5.70 Å². The summed E-state index contributed by atoms with van der Waals surface area (Å²) in [4.78, 5) is 11.8. The van der Waals surface area contributed by atoms with Gasteiger partial charge in [0.05, 0.1) is 11.7 Å². The zero-order chi connectivity index (χ0) is 15.2. The fourth-order valence-electron chi connectivity index (χ4n) is 3.24. The van der Waals surface area contributed by atoms with E-state index in [2.05, 4.69) is 15.4 Å². The molecule has 116 valence electrons. The maximum Gasteiger partial charge on any atom is 0.415 e. The molecule has 3 rings (SSSR count). The number of amides is 1. The Hall–Kier alpha value is -0.650. The number of alkyl halides is 4. The van der Waals surface area contributed by atoms with Gasteiger partial charge in [-0.3, -0.25) is 5.32 Å². The molecule has 0 radical (unpaired) electrons. The maximum atomic E-state index is 14.0. The Kier molecular flexibility index (Phi) is 4.01. The first-order valence-electron chi connectivity index (χ1n) is 6.78. The lowest BCUT2D eigenvalue weighted by atomic mass is 9.97. The minimum Gasteiger partial charge on any atom is -0.398 e. The topological polar surface area (TPSA) is 50.4 Å². The van der Waals surface area contributed by atoms with Gasteiger partial charge in [-0.2, -0.15) is 0 Å². The van der Waals surface area contributed by atoms with Gasteiger partial charge in [0.2, 0.25) is 0 Å². The van der Waals surface area contributed by atoms with E-state index in [9.17, 15) is 9.18 Å². The molecule has 2 N–H and O–H groups in total.